The maximum Gasteiger partial charge on any atom is 0.290 e. The number of nitrogens with one attached hydrogen (secondary N) is 1. The number of hydrogen-bond donors (Lipinski definition) is 1. The van der Waals surface area contributed by atoms with Gasteiger partial charge in [0.1, 0.15) is 5.69 Å². The highest BCUT2D eigenvalue weighted by atomic mass is 16.1. The summed E-state index contributed by atoms with van der Waals surface area (Å²) in [6.07, 6.45) is 4.42. The van der Waals surface area contributed by atoms with Crippen LogP contribution in [0.1, 0.15) is 46.6 Å². The molecule has 0 saturated heterocycles. The van der Waals surface area contributed by atoms with Gasteiger partial charge in [-0.2, -0.15) is 5.10 Å². The SMILES string of the molecule is CC(C)C.CCC(C)C=Nc1c(C)cn[nH]c1=O. The predicted octanol–water partition coefficient (Wildman–Crippen LogP) is 3.49. The minimum Gasteiger partial charge on any atom is -0.266 e. The van der Waals surface area contributed by atoms with Gasteiger partial charge < -0.3 is 0 Å². The molecular formula is C14H25N3O. The van der Waals surface area contributed by atoms with Crippen molar-refractivity contribution < 1.29 is 0 Å². The Morgan fingerprint density at radius 1 is 1.39 bits per heavy atom. The maximum absolute atomic E-state index is 11.3. The fourth-order valence-corrected chi connectivity index (χ4v) is 0.949. The summed E-state index contributed by atoms with van der Waals surface area (Å²) in [5, 5.41) is 6.04. The predicted molar refractivity (Wildman–Crippen MR) is 77.7 cm³/mol. The molecular weight excluding hydrogens is 226 g/mol. The molecule has 1 unspecified atom stereocenters. The minimum atomic E-state index is -0.232. The van der Waals surface area contributed by atoms with E-state index in [0.29, 0.717) is 11.6 Å². The Labute approximate surface area is 110 Å². The summed E-state index contributed by atoms with van der Waals surface area (Å²) in [5.74, 6) is 1.22. The number of hydrogen-bond acceptors (Lipinski definition) is 3. The van der Waals surface area contributed by atoms with Crippen LogP contribution in [-0.4, -0.2) is 16.4 Å². The first-order valence-electron chi connectivity index (χ1n) is 6.46. The second-order valence-electron chi connectivity index (χ2n) is 5.13. The van der Waals surface area contributed by atoms with Gasteiger partial charge in [-0.15, -0.1) is 0 Å². The molecule has 0 amide bonds. The number of aliphatic imine (C=N–C) groups is 1. The number of aromatic nitrogens is 2. The van der Waals surface area contributed by atoms with Crippen LogP contribution in [0.5, 0.6) is 0 Å². The zero-order valence-electron chi connectivity index (χ0n) is 12.3. The van der Waals surface area contributed by atoms with E-state index in [2.05, 4.69) is 49.8 Å². The summed E-state index contributed by atoms with van der Waals surface area (Å²) in [6, 6.07) is 0. The van der Waals surface area contributed by atoms with Gasteiger partial charge in [-0.05, 0) is 25.2 Å². The first kappa shape index (κ1) is 16.6. The lowest BCUT2D eigenvalue weighted by atomic mass is 10.1. The highest BCUT2D eigenvalue weighted by Crippen LogP contribution is 2.10. The van der Waals surface area contributed by atoms with Crippen molar-refractivity contribution >= 4 is 11.9 Å². The molecule has 1 atom stereocenters. The van der Waals surface area contributed by atoms with Crippen molar-refractivity contribution in [1.29, 1.82) is 0 Å². The van der Waals surface area contributed by atoms with Gasteiger partial charge in [-0.3, -0.25) is 9.79 Å². The molecule has 1 aromatic rings. The van der Waals surface area contributed by atoms with E-state index in [4.69, 9.17) is 0 Å². The van der Waals surface area contributed by atoms with Gasteiger partial charge in [0.05, 0.1) is 6.20 Å². The van der Waals surface area contributed by atoms with Gasteiger partial charge in [0.25, 0.3) is 5.56 Å². The Hall–Kier alpha value is -1.45. The number of H-pyrrole nitrogens is 1. The molecule has 1 heterocycles. The van der Waals surface area contributed by atoms with Crippen LogP contribution in [0.4, 0.5) is 5.69 Å². The molecule has 0 bridgehead atoms. The Bertz CT molecular complexity index is 419. The van der Waals surface area contributed by atoms with Crippen molar-refractivity contribution in [1.82, 2.24) is 10.2 Å². The van der Waals surface area contributed by atoms with Crippen molar-refractivity contribution in [2.75, 3.05) is 0 Å². The van der Waals surface area contributed by atoms with Crippen LogP contribution in [0.15, 0.2) is 16.0 Å². The Morgan fingerprint density at radius 2 is 1.94 bits per heavy atom. The molecule has 0 aromatic carbocycles. The first-order valence-corrected chi connectivity index (χ1v) is 6.46. The molecule has 1 rings (SSSR count). The molecule has 0 radical (unpaired) electrons. The molecule has 4 heteroatoms. The molecule has 0 fully saturated rings. The summed E-state index contributed by atoms with van der Waals surface area (Å²) >= 11 is 0. The fourth-order valence-electron chi connectivity index (χ4n) is 0.949. The Morgan fingerprint density at radius 3 is 2.39 bits per heavy atom. The molecule has 0 aliphatic carbocycles. The van der Waals surface area contributed by atoms with Gasteiger partial charge in [-0.1, -0.05) is 34.6 Å². The number of nitrogens with zero attached hydrogens (tertiary/aromatic N) is 2. The van der Waals surface area contributed by atoms with Crippen molar-refractivity contribution in [3.05, 3.63) is 22.1 Å². The summed E-state index contributed by atoms with van der Waals surface area (Å²) < 4.78 is 0. The van der Waals surface area contributed by atoms with Crippen LogP contribution in [0.3, 0.4) is 0 Å². The standard InChI is InChI=1S/C10H15N3O.C4H10/c1-4-7(2)5-11-9-8(3)6-12-13-10(9)14;1-4(2)3/h5-7H,4H2,1-3H3,(H,13,14);4H,1-3H3. The molecule has 0 spiro atoms. The van der Waals surface area contributed by atoms with E-state index in [1.54, 1.807) is 12.4 Å². The summed E-state index contributed by atoms with van der Waals surface area (Å²) in [4.78, 5) is 15.5. The van der Waals surface area contributed by atoms with Gasteiger partial charge in [-0.25, -0.2) is 5.10 Å². The third kappa shape index (κ3) is 6.99. The Balaban J connectivity index is 0.000000631. The minimum absolute atomic E-state index is 0.232. The molecule has 1 aromatic heterocycles. The van der Waals surface area contributed by atoms with E-state index in [1.165, 1.54) is 0 Å². The largest absolute Gasteiger partial charge is 0.290 e. The third-order valence-corrected chi connectivity index (χ3v) is 2.11. The quantitative estimate of drug-likeness (QED) is 0.836. The van der Waals surface area contributed by atoms with Crippen LogP contribution in [0.2, 0.25) is 0 Å². The first-order chi connectivity index (χ1) is 8.38. The lowest BCUT2D eigenvalue weighted by molar-refractivity contribution is 0.737. The second kappa shape index (κ2) is 8.61. The van der Waals surface area contributed by atoms with Crippen LogP contribution in [-0.2, 0) is 0 Å². The molecule has 4 nitrogen and oxygen atoms in total. The van der Waals surface area contributed by atoms with Crippen molar-refractivity contribution in [3.8, 4) is 0 Å². The average molecular weight is 251 g/mol. The van der Waals surface area contributed by atoms with E-state index in [1.807, 2.05) is 6.92 Å². The fraction of sp³-hybridized carbons (Fsp3) is 0.643. The summed E-state index contributed by atoms with van der Waals surface area (Å²) in [7, 11) is 0. The number of aryl methyl sites for hydroxylation is 1. The number of aromatic amines is 1. The average Bonchev–Trinajstić information content (AvgIpc) is 2.27. The normalized spacial score (nSPS) is 12.4. The Kier molecular flexibility index (Phi) is 7.92. The van der Waals surface area contributed by atoms with E-state index in [9.17, 15) is 4.79 Å². The highest BCUT2D eigenvalue weighted by molar-refractivity contribution is 5.65. The molecule has 18 heavy (non-hydrogen) atoms. The van der Waals surface area contributed by atoms with E-state index >= 15 is 0 Å². The molecule has 0 saturated carbocycles. The van der Waals surface area contributed by atoms with Crippen LogP contribution < -0.4 is 5.56 Å². The van der Waals surface area contributed by atoms with Crippen molar-refractivity contribution in [2.24, 2.45) is 16.8 Å². The monoisotopic (exact) mass is 251 g/mol. The van der Waals surface area contributed by atoms with E-state index in [-0.39, 0.29) is 5.56 Å². The maximum atomic E-state index is 11.3. The molecule has 0 aliphatic rings. The smallest absolute Gasteiger partial charge is 0.266 e. The lowest BCUT2D eigenvalue weighted by Crippen LogP contribution is -2.08. The van der Waals surface area contributed by atoms with Crippen LogP contribution >= 0.6 is 0 Å². The van der Waals surface area contributed by atoms with Crippen molar-refractivity contribution in [3.63, 3.8) is 0 Å². The van der Waals surface area contributed by atoms with Crippen LogP contribution in [0.25, 0.3) is 0 Å². The lowest BCUT2D eigenvalue weighted by Gasteiger charge is -2.00. The van der Waals surface area contributed by atoms with E-state index in [0.717, 1.165) is 17.9 Å². The third-order valence-electron chi connectivity index (χ3n) is 2.11. The van der Waals surface area contributed by atoms with E-state index < -0.39 is 0 Å². The zero-order chi connectivity index (χ0) is 14.1. The summed E-state index contributed by atoms with van der Waals surface area (Å²) in [5.41, 5.74) is 1.03. The van der Waals surface area contributed by atoms with Crippen molar-refractivity contribution in [2.45, 2.75) is 48.0 Å². The summed E-state index contributed by atoms with van der Waals surface area (Å²) in [6.45, 7) is 12.5. The van der Waals surface area contributed by atoms with Gasteiger partial charge >= 0.3 is 0 Å². The molecule has 102 valence electrons. The highest BCUT2D eigenvalue weighted by Gasteiger charge is 2.01. The molecule has 0 aliphatic heterocycles. The second-order valence-corrected chi connectivity index (χ2v) is 5.13. The van der Waals surface area contributed by atoms with Crippen LogP contribution in [0, 0.1) is 18.8 Å². The van der Waals surface area contributed by atoms with Gasteiger partial charge in [0, 0.05) is 11.8 Å². The zero-order valence-corrected chi connectivity index (χ0v) is 12.3. The number of rotatable bonds is 3. The molecule has 1 N–H and O–H groups in total. The van der Waals surface area contributed by atoms with Gasteiger partial charge in [0.15, 0.2) is 0 Å². The van der Waals surface area contributed by atoms with Gasteiger partial charge in [0.2, 0.25) is 0 Å². The topological polar surface area (TPSA) is 58.1 Å².